The number of hydrogen-bond acceptors (Lipinski definition) is 8. The molecule has 1 aliphatic heterocycles. The number of ether oxygens (including phenoxy) is 2. The predicted octanol–water partition coefficient (Wildman–Crippen LogP) is 5.96. The molecule has 1 unspecified atom stereocenters. The van der Waals surface area contributed by atoms with Crippen LogP contribution in [0.4, 0.5) is 5.13 Å². The molecule has 1 atom stereocenters. The van der Waals surface area contributed by atoms with Gasteiger partial charge >= 0.3 is 5.91 Å². The van der Waals surface area contributed by atoms with Crippen LogP contribution in [0, 0.1) is 6.92 Å². The summed E-state index contributed by atoms with van der Waals surface area (Å²) in [5, 5.41) is 13.9. The SMILES string of the molecule is COc1cc2sc(N3C(=O)C(=O)/C(=C(/O)c4cc(Cl)ccc4OC)C3c3cccs3)nc2cc1C. The zero-order chi connectivity index (χ0) is 24.9. The number of benzene rings is 2. The Morgan fingerprint density at radius 1 is 1.11 bits per heavy atom. The van der Waals surface area contributed by atoms with Crippen LogP contribution in [0.5, 0.6) is 11.5 Å². The molecule has 10 heteroatoms. The van der Waals surface area contributed by atoms with Crippen LogP contribution in [0.15, 0.2) is 53.4 Å². The Bertz CT molecular complexity index is 1510. The second-order valence-corrected chi connectivity index (χ2v) is 10.2. The number of methoxy groups -OCH3 is 2. The molecule has 4 aromatic rings. The van der Waals surface area contributed by atoms with E-state index in [9.17, 15) is 14.7 Å². The van der Waals surface area contributed by atoms with Crippen LogP contribution in [-0.4, -0.2) is 36.0 Å². The molecule has 178 valence electrons. The van der Waals surface area contributed by atoms with E-state index in [0.29, 0.717) is 32.0 Å². The molecule has 2 aromatic heterocycles. The maximum absolute atomic E-state index is 13.4. The lowest BCUT2D eigenvalue weighted by atomic mass is 9.99. The number of Topliss-reactive ketones (excluding diaryl/α,β-unsaturated/α-hetero) is 1. The van der Waals surface area contributed by atoms with Crippen molar-refractivity contribution in [1.82, 2.24) is 4.98 Å². The minimum absolute atomic E-state index is 0.0500. The summed E-state index contributed by atoms with van der Waals surface area (Å²) in [6.45, 7) is 1.91. The van der Waals surface area contributed by atoms with Crippen LogP contribution in [0.25, 0.3) is 16.0 Å². The molecule has 2 aromatic carbocycles. The largest absolute Gasteiger partial charge is 0.507 e. The number of aliphatic hydroxyl groups excluding tert-OH is 1. The molecular weight excluding hydrogens is 508 g/mol. The van der Waals surface area contributed by atoms with E-state index >= 15 is 0 Å². The Hall–Kier alpha value is -3.40. The number of aliphatic hydroxyl groups is 1. The molecule has 3 heterocycles. The van der Waals surface area contributed by atoms with Crippen LogP contribution in [-0.2, 0) is 9.59 Å². The van der Waals surface area contributed by atoms with Crippen molar-refractivity contribution < 1.29 is 24.2 Å². The Kier molecular flexibility index (Phi) is 6.00. The number of halogens is 1. The normalized spacial score (nSPS) is 17.4. The highest BCUT2D eigenvalue weighted by molar-refractivity contribution is 7.22. The topological polar surface area (TPSA) is 89.0 Å². The van der Waals surface area contributed by atoms with Crippen molar-refractivity contribution in [3.8, 4) is 11.5 Å². The second kappa shape index (κ2) is 8.99. The first-order valence-corrected chi connectivity index (χ1v) is 12.5. The van der Waals surface area contributed by atoms with Gasteiger partial charge in [0.15, 0.2) is 5.13 Å². The van der Waals surface area contributed by atoms with Gasteiger partial charge in [-0.2, -0.15) is 0 Å². The highest BCUT2D eigenvalue weighted by Gasteiger charge is 2.48. The minimum Gasteiger partial charge on any atom is -0.507 e. The summed E-state index contributed by atoms with van der Waals surface area (Å²) in [6, 6.07) is 11.2. The Morgan fingerprint density at radius 2 is 1.89 bits per heavy atom. The van der Waals surface area contributed by atoms with Gasteiger partial charge in [-0.15, -0.1) is 11.3 Å². The third-order valence-electron chi connectivity index (χ3n) is 5.77. The molecule has 35 heavy (non-hydrogen) atoms. The fraction of sp³-hybridized carbons (Fsp3) is 0.160. The number of anilines is 1. The number of hydrogen-bond donors (Lipinski definition) is 1. The highest BCUT2D eigenvalue weighted by atomic mass is 35.5. The third-order valence-corrected chi connectivity index (χ3v) is 7.95. The van der Waals surface area contributed by atoms with Crippen LogP contribution in [0.1, 0.15) is 22.0 Å². The number of fused-ring (bicyclic) bond motifs is 1. The zero-order valence-electron chi connectivity index (χ0n) is 18.9. The second-order valence-electron chi connectivity index (χ2n) is 7.82. The Labute approximate surface area is 213 Å². The summed E-state index contributed by atoms with van der Waals surface area (Å²) >= 11 is 8.82. The number of carbonyl (C=O) groups excluding carboxylic acids is 2. The van der Waals surface area contributed by atoms with Crippen molar-refractivity contribution in [2.45, 2.75) is 13.0 Å². The number of carbonyl (C=O) groups is 2. The zero-order valence-corrected chi connectivity index (χ0v) is 21.3. The summed E-state index contributed by atoms with van der Waals surface area (Å²) in [4.78, 5) is 33.4. The molecule has 5 rings (SSSR count). The lowest BCUT2D eigenvalue weighted by Gasteiger charge is -2.21. The van der Waals surface area contributed by atoms with Crippen molar-refractivity contribution in [3.63, 3.8) is 0 Å². The number of thiophene rings is 1. The van der Waals surface area contributed by atoms with Gasteiger partial charge < -0.3 is 14.6 Å². The van der Waals surface area contributed by atoms with Gasteiger partial charge in [0, 0.05) is 9.90 Å². The van der Waals surface area contributed by atoms with Crippen LogP contribution in [0.3, 0.4) is 0 Å². The quantitative estimate of drug-likeness (QED) is 0.196. The number of nitrogens with zero attached hydrogens (tertiary/aromatic N) is 2. The maximum atomic E-state index is 13.4. The molecule has 0 aliphatic carbocycles. The summed E-state index contributed by atoms with van der Waals surface area (Å²) in [7, 11) is 3.04. The number of amides is 1. The van der Waals surface area contributed by atoms with E-state index in [1.807, 2.05) is 36.6 Å². The first-order valence-electron chi connectivity index (χ1n) is 10.5. The van der Waals surface area contributed by atoms with Gasteiger partial charge in [0.05, 0.1) is 35.6 Å². The van der Waals surface area contributed by atoms with E-state index in [1.54, 1.807) is 19.2 Å². The van der Waals surface area contributed by atoms with E-state index in [4.69, 9.17) is 21.1 Å². The lowest BCUT2D eigenvalue weighted by Crippen LogP contribution is -2.28. The molecule has 0 saturated carbocycles. The van der Waals surface area contributed by atoms with Crippen molar-refractivity contribution in [1.29, 1.82) is 0 Å². The average Bonchev–Trinajstić information content (AvgIpc) is 3.57. The van der Waals surface area contributed by atoms with Crippen molar-refractivity contribution in [3.05, 3.63) is 74.4 Å². The molecule has 0 bridgehead atoms. The minimum atomic E-state index is -0.859. The standard InChI is InChI=1S/C25H19ClN2O5S2/c1-12-9-15-19(11-17(12)33-3)35-25(27-15)28-21(18-5-4-8-34-18)20(23(30)24(28)31)22(29)14-10-13(26)6-7-16(14)32-2/h4-11,21,29H,1-3H3/b22-20+. The molecule has 1 aliphatic rings. The fourth-order valence-electron chi connectivity index (χ4n) is 4.13. The molecule has 1 saturated heterocycles. The van der Waals surface area contributed by atoms with Crippen molar-refractivity contribution in [2.75, 3.05) is 19.1 Å². The van der Waals surface area contributed by atoms with Gasteiger partial charge in [-0.3, -0.25) is 14.5 Å². The first kappa shape index (κ1) is 23.3. The van der Waals surface area contributed by atoms with Gasteiger partial charge in [-0.05, 0) is 54.3 Å². The number of aryl methyl sites for hydroxylation is 1. The van der Waals surface area contributed by atoms with Gasteiger partial charge in [0.1, 0.15) is 23.3 Å². The fourth-order valence-corrected chi connectivity index (χ4v) is 6.12. The third kappa shape index (κ3) is 3.85. The Balaban J connectivity index is 1.73. The molecular formula is C25H19ClN2O5S2. The summed E-state index contributed by atoms with van der Waals surface area (Å²) < 4.78 is 11.6. The molecule has 1 amide bonds. The van der Waals surface area contributed by atoms with Gasteiger partial charge in [0.2, 0.25) is 0 Å². The predicted molar refractivity (Wildman–Crippen MR) is 138 cm³/mol. The monoisotopic (exact) mass is 526 g/mol. The highest BCUT2D eigenvalue weighted by Crippen LogP contribution is 2.46. The van der Waals surface area contributed by atoms with Gasteiger partial charge in [0.25, 0.3) is 5.78 Å². The molecule has 0 radical (unpaired) electrons. The van der Waals surface area contributed by atoms with Crippen LogP contribution in [0.2, 0.25) is 5.02 Å². The number of rotatable bonds is 5. The maximum Gasteiger partial charge on any atom is 0.301 e. The molecule has 7 nitrogen and oxygen atoms in total. The average molecular weight is 527 g/mol. The summed E-state index contributed by atoms with van der Waals surface area (Å²) in [5.41, 5.74) is 1.77. The van der Waals surface area contributed by atoms with E-state index in [2.05, 4.69) is 4.98 Å². The van der Waals surface area contributed by atoms with E-state index in [1.165, 1.54) is 40.7 Å². The summed E-state index contributed by atoms with van der Waals surface area (Å²) in [5.74, 6) is -0.907. The van der Waals surface area contributed by atoms with Gasteiger partial charge in [-0.25, -0.2) is 4.98 Å². The number of aromatic nitrogens is 1. The number of thiazole rings is 1. The first-order chi connectivity index (χ1) is 16.8. The molecule has 1 fully saturated rings. The van der Waals surface area contributed by atoms with Gasteiger partial charge in [-0.1, -0.05) is 29.0 Å². The smallest absolute Gasteiger partial charge is 0.301 e. The van der Waals surface area contributed by atoms with Crippen molar-refractivity contribution >= 4 is 67.1 Å². The van der Waals surface area contributed by atoms with E-state index in [0.717, 1.165) is 10.3 Å². The van der Waals surface area contributed by atoms with E-state index < -0.39 is 17.7 Å². The number of ketones is 1. The van der Waals surface area contributed by atoms with Crippen molar-refractivity contribution in [2.24, 2.45) is 0 Å². The lowest BCUT2D eigenvalue weighted by molar-refractivity contribution is -0.132. The van der Waals surface area contributed by atoms with Crippen LogP contribution < -0.4 is 14.4 Å². The van der Waals surface area contributed by atoms with E-state index in [-0.39, 0.29) is 16.9 Å². The Morgan fingerprint density at radius 3 is 2.57 bits per heavy atom. The van der Waals surface area contributed by atoms with Crippen LogP contribution >= 0.6 is 34.3 Å². The summed E-state index contributed by atoms with van der Waals surface area (Å²) in [6.07, 6.45) is 0. The molecule has 1 N–H and O–H groups in total. The molecule has 0 spiro atoms.